The molecule has 31 heavy (non-hydrogen) atoms. The molecule has 0 saturated carbocycles. The molecule has 5 nitrogen and oxygen atoms in total. The van der Waals surface area contributed by atoms with Crippen molar-refractivity contribution in [1.82, 2.24) is 19.3 Å². The monoisotopic (exact) mass is 408 g/mol. The van der Waals surface area contributed by atoms with Crippen LogP contribution in [0.15, 0.2) is 97.5 Å². The third kappa shape index (κ3) is 3.67. The molecule has 3 aromatic carbocycles. The average molecular weight is 408 g/mol. The van der Waals surface area contributed by atoms with Crippen LogP contribution in [0.5, 0.6) is 0 Å². The molecule has 0 fully saturated rings. The minimum atomic E-state index is -0.314. The summed E-state index contributed by atoms with van der Waals surface area (Å²) in [4.78, 5) is 17.1. The first-order valence-corrected chi connectivity index (χ1v) is 9.74. The van der Waals surface area contributed by atoms with Gasteiger partial charge < -0.3 is 0 Å². The molecule has 0 saturated heterocycles. The van der Waals surface area contributed by atoms with Gasteiger partial charge in [0.15, 0.2) is 0 Å². The van der Waals surface area contributed by atoms with Crippen molar-refractivity contribution in [1.29, 1.82) is 0 Å². The van der Waals surface area contributed by atoms with Crippen molar-refractivity contribution in [2.24, 2.45) is 0 Å². The highest BCUT2D eigenvalue weighted by atomic mass is 19.1. The predicted molar refractivity (Wildman–Crippen MR) is 118 cm³/mol. The van der Waals surface area contributed by atoms with Gasteiger partial charge in [-0.05, 0) is 54.6 Å². The van der Waals surface area contributed by atoms with Gasteiger partial charge in [0.2, 0.25) is 0 Å². The van der Waals surface area contributed by atoms with Crippen LogP contribution in [0, 0.1) is 5.82 Å². The number of carbonyl (C=O) groups excluding carboxylic acids is 1. The number of carbonyl (C=O) groups is 1. The van der Waals surface area contributed by atoms with E-state index in [4.69, 9.17) is 0 Å². The molecular formula is C25H17FN4O. The van der Waals surface area contributed by atoms with Crippen molar-refractivity contribution in [3.63, 3.8) is 0 Å². The lowest BCUT2D eigenvalue weighted by Crippen LogP contribution is -2.05. The summed E-state index contributed by atoms with van der Waals surface area (Å²) in [5, 5.41) is 4.68. The Hall–Kier alpha value is -4.32. The summed E-state index contributed by atoms with van der Waals surface area (Å²) in [5.41, 5.74) is 4.55. The van der Waals surface area contributed by atoms with Crippen molar-refractivity contribution in [3.05, 3.63) is 109 Å². The number of allylic oxidation sites excluding steroid dienone is 1. The number of imidazole rings is 1. The van der Waals surface area contributed by atoms with E-state index in [0.717, 1.165) is 27.8 Å². The molecule has 0 aliphatic rings. The standard InChI is InChI=1S/C25H17FN4O/c26-20-13-10-18(11-14-20)25-19(16-30(28-25)21-6-2-1-3-7-21)12-15-24(31)29-17-27-22-8-4-5-9-23(22)29/h1-17H/b15-12+. The van der Waals surface area contributed by atoms with Crippen LogP contribution in [0.3, 0.4) is 0 Å². The minimum Gasteiger partial charge on any atom is -0.269 e. The highest BCUT2D eigenvalue weighted by Crippen LogP contribution is 2.25. The fraction of sp³-hybridized carbons (Fsp3) is 0. The predicted octanol–water partition coefficient (Wildman–Crippen LogP) is 5.38. The maximum Gasteiger partial charge on any atom is 0.256 e. The van der Waals surface area contributed by atoms with Crippen LogP contribution in [-0.2, 0) is 0 Å². The van der Waals surface area contributed by atoms with Crippen molar-refractivity contribution in [3.8, 4) is 16.9 Å². The van der Waals surface area contributed by atoms with E-state index < -0.39 is 0 Å². The van der Waals surface area contributed by atoms with Gasteiger partial charge in [-0.3, -0.25) is 9.36 Å². The molecule has 0 unspecified atom stereocenters. The Kier molecular flexibility index (Phi) is 4.72. The normalized spacial score (nSPS) is 11.4. The average Bonchev–Trinajstić information content (AvgIpc) is 3.43. The topological polar surface area (TPSA) is 52.7 Å². The Morgan fingerprint density at radius 3 is 2.45 bits per heavy atom. The molecule has 0 bridgehead atoms. The second-order valence-electron chi connectivity index (χ2n) is 6.99. The van der Waals surface area contributed by atoms with Crippen molar-refractivity contribution in [2.45, 2.75) is 0 Å². The Morgan fingerprint density at radius 2 is 1.65 bits per heavy atom. The van der Waals surface area contributed by atoms with E-state index in [-0.39, 0.29) is 11.7 Å². The molecule has 150 valence electrons. The molecule has 0 radical (unpaired) electrons. The zero-order chi connectivity index (χ0) is 21.2. The fourth-order valence-electron chi connectivity index (χ4n) is 3.43. The number of fused-ring (bicyclic) bond motifs is 1. The van der Waals surface area contributed by atoms with Gasteiger partial charge in [-0.15, -0.1) is 0 Å². The fourth-order valence-corrected chi connectivity index (χ4v) is 3.43. The van der Waals surface area contributed by atoms with Gasteiger partial charge in [-0.25, -0.2) is 14.1 Å². The van der Waals surface area contributed by atoms with Crippen molar-refractivity contribution in [2.75, 3.05) is 0 Å². The Balaban J connectivity index is 1.54. The molecule has 0 N–H and O–H groups in total. The third-order valence-corrected chi connectivity index (χ3v) is 4.98. The summed E-state index contributed by atoms with van der Waals surface area (Å²) in [7, 11) is 0. The van der Waals surface area contributed by atoms with Crippen molar-refractivity contribution >= 4 is 23.0 Å². The second kappa shape index (κ2) is 7.84. The van der Waals surface area contributed by atoms with E-state index in [1.807, 2.05) is 60.8 Å². The largest absolute Gasteiger partial charge is 0.269 e. The number of rotatable bonds is 4. The van der Waals surface area contributed by atoms with Crippen molar-refractivity contribution < 1.29 is 9.18 Å². The van der Waals surface area contributed by atoms with Gasteiger partial charge >= 0.3 is 0 Å². The van der Waals surface area contributed by atoms with Crippen LogP contribution in [-0.4, -0.2) is 25.2 Å². The highest BCUT2D eigenvalue weighted by Gasteiger charge is 2.12. The molecule has 2 heterocycles. The quantitative estimate of drug-likeness (QED) is 0.375. The number of hydrogen-bond donors (Lipinski definition) is 0. The number of aromatic nitrogens is 4. The lowest BCUT2D eigenvalue weighted by molar-refractivity contribution is 0.0974. The number of benzene rings is 3. The van der Waals surface area contributed by atoms with Crippen LogP contribution in [0.2, 0.25) is 0 Å². The van der Waals surface area contributed by atoms with Gasteiger partial charge in [0.25, 0.3) is 5.91 Å². The molecule has 0 aliphatic carbocycles. The first-order chi connectivity index (χ1) is 15.2. The van der Waals surface area contributed by atoms with Crippen LogP contribution < -0.4 is 0 Å². The first-order valence-electron chi connectivity index (χ1n) is 9.74. The minimum absolute atomic E-state index is 0.216. The Morgan fingerprint density at radius 1 is 0.903 bits per heavy atom. The SMILES string of the molecule is O=C(/C=C/c1cn(-c2ccccc2)nc1-c1ccc(F)cc1)n1cnc2ccccc21. The van der Waals surface area contributed by atoms with Crippen LogP contribution in [0.25, 0.3) is 34.1 Å². The number of halogens is 1. The molecule has 0 atom stereocenters. The summed E-state index contributed by atoms with van der Waals surface area (Å²) in [6.07, 6.45) is 6.59. The van der Waals surface area contributed by atoms with E-state index in [0.29, 0.717) is 5.69 Å². The molecule has 0 aliphatic heterocycles. The number of hydrogen-bond acceptors (Lipinski definition) is 3. The number of para-hydroxylation sites is 3. The highest BCUT2D eigenvalue weighted by molar-refractivity contribution is 5.99. The molecule has 5 rings (SSSR count). The van der Waals surface area contributed by atoms with Gasteiger partial charge in [-0.2, -0.15) is 5.10 Å². The van der Waals surface area contributed by atoms with E-state index >= 15 is 0 Å². The van der Waals surface area contributed by atoms with Gasteiger partial charge in [0, 0.05) is 23.4 Å². The number of nitrogens with zero attached hydrogens (tertiary/aromatic N) is 4. The van der Waals surface area contributed by atoms with Gasteiger partial charge in [-0.1, -0.05) is 30.3 Å². The maximum atomic E-state index is 13.4. The second-order valence-corrected chi connectivity index (χ2v) is 6.99. The summed E-state index contributed by atoms with van der Waals surface area (Å²) >= 11 is 0. The smallest absolute Gasteiger partial charge is 0.256 e. The summed E-state index contributed by atoms with van der Waals surface area (Å²) in [6, 6.07) is 23.3. The summed E-state index contributed by atoms with van der Waals surface area (Å²) in [5.74, 6) is -0.531. The zero-order valence-corrected chi connectivity index (χ0v) is 16.4. The lowest BCUT2D eigenvalue weighted by Gasteiger charge is -2.00. The lowest BCUT2D eigenvalue weighted by atomic mass is 10.1. The molecule has 2 aromatic heterocycles. The Labute approximate surface area is 177 Å². The van der Waals surface area contributed by atoms with Gasteiger partial charge in [0.05, 0.1) is 22.4 Å². The van der Waals surface area contributed by atoms with Crippen LogP contribution in [0.4, 0.5) is 4.39 Å². The third-order valence-electron chi connectivity index (χ3n) is 4.98. The van der Waals surface area contributed by atoms with E-state index in [1.54, 1.807) is 22.9 Å². The van der Waals surface area contributed by atoms with Gasteiger partial charge in [0.1, 0.15) is 12.1 Å². The maximum absolute atomic E-state index is 13.4. The first kappa shape index (κ1) is 18.7. The molecule has 6 heteroatoms. The summed E-state index contributed by atoms with van der Waals surface area (Å²) in [6.45, 7) is 0. The van der Waals surface area contributed by atoms with E-state index in [1.165, 1.54) is 29.1 Å². The van der Waals surface area contributed by atoms with E-state index in [9.17, 15) is 9.18 Å². The van der Waals surface area contributed by atoms with Crippen LogP contribution in [0.1, 0.15) is 10.4 Å². The summed E-state index contributed by atoms with van der Waals surface area (Å²) < 4.78 is 16.7. The molecule has 0 amide bonds. The Bertz CT molecular complexity index is 1400. The molecule has 0 spiro atoms. The molecular weight excluding hydrogens is 391 g/mol. The van der Waals surface area contributed by atoms with E-state index in [2.05, 4.69) is 10.1 Å². The molecule has 5 aromatic rings. The zero-order valence-electron chi connectivity index (χ0n) is 16.4. The van der Waals surface area contributed by atoms with Crippen LogP contribution >= 0.6 is 0 Å².